The summed E-state index contributed by atoms with van der Waals surface area (Å²) in [4.78, 5) is 38.6. The monoisotopic (exact) mass is 473 g/mol. The van der Waals surface area contributed by atoms with E-state index in [-0.39, 0.29) is 19.4 Å². The molecule has 3 aromatic rings. The van der Waals surface area contributed by atoms with Gasteiger partial charge < -0.3 is 21.1 Å². The van der Waals surface area contributed by atoms with Gasteiger partial charge in [-0.25, -0.2) is 4.79 Å². The number of amides is 2. The van der Waals surface area contributed by atoms with Crippen LogP contribution in [0.2, 0.25) is 0 Å². The number of esters is 1. The fraction of sp³-hybridized carbons (Fsp3) is 0.250. The molecule has 0 bridgehead atoms. The Balaban J connectivity index is 1.76. The van der Waals surface area contributed by atoms with Crippen LogP contribution < -0.4 is 16.4 Å². The zero-order valence-corrected chi connectivity index (χ0v) is 19.7. The third kappa shape index (κ3) is 8.39. The number of nitrogens with one attached hydrogen (secondary N) is 2. The molecule has 35 heavy (non-hydrogen) atoms. The van der Waals surface area contributed by atoms with Crippen LogP contribution in [0, 0.1) is 0 Å². The molecule has 4 N–H and O–H groups in total. The topological polar surface area (TPSA) is 111 Å². The predicted molar refractivity (Wildman–Crippen MR) is 134 cm³/mol. The largest absolute Gasteiger partial charge is 0.459 e. The zero-order chi connectivity index (χ0) is 25.0. The minimum atomic E-state index is -0.931. The van der Waals surface area contributed by atoms with Crippen molar-refractivity contribution >= 4 is 17.8 Å². The highest BCUT2D eigenvalue weighted by atomic mass is 16.5. The van der Waals surface area contributed by atoms with E-state index in [0.717, 1.165) is 16.7 Å². The van der Waals surface area contributed by atoms with Crippen molar-refractivity contribution in [2.45, 2.75) is 44.5 Å². The van der Waals surface area contributed by atoms with Crippen molar-refractivity contribution in [1.82, 2.24) is 10.6 Å². The molecule has 0 radical (unpaired) electrons. The Morgan fingerprint density at radius 3 is 1.60 bits per heavy atom. The van der Waals surface area contributed by atoms with Crippen LogP contribution in [-0.2, 0) is 38.6 Å². The van der Waals surface area contributed by atoms with Gasteiger partial charge in [-0.15, -0.1) is 0 Å². The van der Waals surface area contributed by atoms with E-state index in [0.29, 0.717) is 0 Å². The molecule has 0 saturated carbocycles. The average Bonchev–Trinajstić information content (AvgIpc) is 2.88. The lowest BCUT2D eigenvalue weighted by atomic mass is 10.0. The molecule has 3 atom stereocenters. The van der Waals surface area contributed by atoms with E-state index in [1.54, 1.807) is 6.92 Å². The van der Waals surface area contributed by atoms with Gasteiger partial charge in [0, 0.05) is 12.8 Å². The molecule has 0 spiro atoms. The molecule has 0 unspecified atom stereocenters. The summed E-state index contributed by atoms with van der Waals surface area (Å²) < 4.78 is 5.52. The molecule has 182 valence electrons. The maximum absolute atomic E-state index is 13.3. The summed E-state index contributed by atoms with van der Waals surface area (Å²) in [6.45, 7) is 1.64. The molecule has 7 heteroatoms. The first-order valence-corrected chi connectivity index (χ1v) is 11.6. The highest BCUT2D eigenvalue weighted by Gasteiger charge is 2.28. The van der Waals surface area contributed by atoms with Gasteiger partial charge in [-0.3, -0.25) is 9.59 Å². The second-order valence-corrected chi connectivity index (χ2v) is 8.38. The summed E-state index contributed by atoms with van der Waals surface area (Å²) in [5, 5.41) is 5.50. The summed E-state index contributed by atoms with van der Waals surface area (Å²) >= 11 is 0. The maximum Gasteiger partial charge on any atom is 0.329 e. The molecule has 3 rings (SSSR count). The fourth-order valence-corrected chi connectivity index (χ4v) is 3.51. The van der Waals surface area contributed by atoms with Crippen molar-refractivity contribution in [3.05, 3.63) is 108 Å². The average molecular weight is 474 g/mol. The molecular formula is C28H31N3O4. The Kier molecular flexibility index (Phi) is 9.57. The Morgan fingerprint density at radius 1 is 0.686 bits per heavy atom. The number of rotatable bonds is 11. The van der Waals surface area contributed by atoms with E-state index >= 15 is 0 Å². The van der Waals surface area contributed by atoms with Gasteiger partial charge >= 0.3 is 5.97 Å². The molecule has 0 aliphatic heterocycles. The van der Waals surface area contributed by atoms with Crippen molar-refractivity contribution < 1.29 is 19.1 Å². The molecule has 0 aromatic heterocycles. The molecule has 2 amide bonds. The van der Waals surface area contributed by atoms with Crippen LogP contribution >= 0.6 is 0 Å². The van der Waals surface area contributed by atoms with Gasteiger partial charge in [-0.05, 0) is 23.6 Å². The van der Waals surface area contributed by atoms with E-state index < -0.39 is 35.9 Å². The summed E-state index contributed by atoms with van der Waals surface area (Å²) in [7, 11) is 0. The van der Waals surface area contributed by atoms with Crippen molar-refractivity contribution in [3.63, 3.8) is 0 Å². The minimum absolute atomic E-state index is 0.0930. The summed E-state index contributed by atoms with van der Waals surface area (Å²) in [5.41, 5.74) is 8.28. The van der Waals surface area contributed by atoms with Crippen LogP contribution in [0.5, 0.6) is 0 Å². The maximum atomic E-state index is 13.3. The minimum Gasteiger partial charge on any atom is -0.459 e. The first-order valence-electron chi connectivity index (χ1n) is 11.6. The zero-order valence-electron chi connectivity index (χ0n) is 19.7. The number of carbonyl (C=O) groups is 3. The van der Waals surface area contributed by atoms with Crippen molar-refractivity contribution in [3.8, 4) is 0 Å². The van der Waals surface area contributed by atoms with Gasteiger partial charge in [0.2, 0.25) is 11.8 Å². The van der Waals surface area contributed by atoms with E-state index in [9.17, 15) is 14.4 Å². The lowest BCUT2D eigenvalue weighted by molar-refractivity contribution is -0.149. The molecule has 7 nitrogen and oxygen atoms in total. The van der Waals surface area contributed by atoms with Crippen molar-refractivity contribution in [1.29, 1.82) is 0 Å². The molecule has 0 heterocycles. The van der Waals surface area contributed by atoms with E-state index in [2.05, 4.69) is 10.6 Å². The highest BCUT2D eigenvalue weighted by Crippen LogP contribution is 2.09. The van der Waals surface area contributed by atoms with Gasteiger partial charge in [0.05, 0.1) is 6.04 Å². The molecule has 0 aliphatic rings. The van der Waals surface area contributed by atoms with Crippen LogP contribution in [-0.4, -0.2) is 35.9 Å². The second kappa shape index (κ2) is 13.1. The number of hydrogen-bond donors (Lipinski definition) is 3. The Hall–Kier alpha value is -3.97. The third-order valence-electron chi connectivity index (χ3n) is 5.44. The fourth-order valence-electron chi connectivity index (χ4n) is 3.51. The first kappa shape index (κ1) is 25.6. The smallest absolute Gasteiger partial charge is 0.329 e. The van der Waals surface area contributed by atoms with Gasteiger partial charge in [0.15, 0.2) is 0 Å². The van der Waals surface area contributed by atoms with Crippen LogP contribution in [0.15, 0.2) is 91.0 Å². The summed E-state index contributed by atoms with van der Waals surface area (Å²) in [6.07, 6.45) is 0.502. The van der Waals surface area contributed by atoms with E-state index in [4.69, 9.17) is 10.5 Å². The number of ether oxygens (including phenoxy) is 1. The molecule has 0 saturated heterocycles. The van der Waals surface area contributed by atoms with Gasteiger partial charge in [0.1, 0.15) is 18.7 Å². The molecule has 3 aromatic carbocycles. The number of benzene rings is 3. The molecule has 0 fully saturated rings. The summed E-state index contributed by atoms with van der Waals surface area (Å²) in [6, 6.07) is 25.4. The van der Waals surface area contributed by atoms with Crippen LogP contribution in [0.1, 0.15) is 23.6 Å². The van der Waals surface area contributed by atoms with Gasteiger partial charge in [-0.1, -0.05) is 91.0 Å². The van der Waals surface area contributed by atoms with Crippen molar-refractivity contribution in [2.24, 2.45) is 5.73 Å². The predicted octanol–water partition coefficient (Wildman–Crippen LogP) is 2.53. The number of nitrogens with two attached hydrogens (primary N) is 1. The number of carbonyl (C=O) groups excluding carboxylic acids is 3. The van der Waals surface area contributed by atoms with Crippen LogP contribution in [0.3, 0.4) is 0 Å². The SMILES string of the molecule is C[C@H](N)C(=O)N[C@@H](Cc1ccccc1)C(=O)N[C@@H](Cc1ccccc1)C(=O)OCc1ccccc1. The Labute approximate surface area is 205 Å². The first-order chi connectivity index (χ1) is 16.9. The van der Waals surface area contributed by atoms with Crippen LogP contribution in [0.4, 0.5) is 0 Å². The number of hydrogen-bond acceptors (Lipinski definition) is 5. The van der Waals surface area contributed by atoms with Gasteiger partial charge in [-0.2, -0.15) is 0 Å². The highest BCUT2D eigenvalue weighted by molar-refractivity contribution is 5.92. The Morgan fingerprint density at radius 2 is 1.11 bits per heavy atom. The summed E-state index contributed by atoms with van der Waals surface area (Å²) in [5.74, 6) is -1.49. The van der Waals surface area contributed by atoms with Crippen molar-refractivity contribution in [2.75, 3.05) is 0 Å². The van der Waals surface area contributed by atoms with Crippen LogP contribution in [0.25, 0.3) is 0 Å². The Bertz CT molecular complexity index is 1090. The molecule has 0 aliphatic carbocycles. The quantitative estimate of drug-likeness (QED) is 0.371. The standard InChI is InChI=1S/C28H31N3O4/c1-20(29)26(32)30-24(17-21-11-5-2-6-12-21)27(33)31-25(18-22-13-7-3-8-14-22)28(34)35-19-23-15-9-4-10-16-23/h2-16,20,24-25H,17-19,29H2,1H3,(H,30,32)(H,31,33)/t20-,24-,25-/m0/s1. The second-order valence-electron chi connectivity index (χ2n) is 8.38. The third-order valence-corrected chi connectivity index (χ3v) is 5.44. The lowest BCUT2D eigenvalue weighted by Gasteiger charge is -2.23. The van der Waals surface area contributed by atoms with E-state index in [1.165, 1.54) is 0 Å². The van der Waals surface area contributed by atoms with Gasteiger partial charge in [0.25, 0.3) is 0 Å². The van der Waals surface area contributed by atoms with E-state index in [1.807, 2.05) is 91.0 Å². The molecular weight excluding hydrogens is 442 g/mol. The normalized spacial score (nSPS) is 13.2. The lowest BCUT2D eigenvalue weighted by Crippen LogP contribution is -2.55.